The third-order valence-corrected chi connectivity index (χ3v) is 3.45. The van der Waals surface area contributed by atoms with Gasteiger partial charge in [-0.2, -0.15) is 0 Å². The first-order valence-electron chi connectivity index (χ1n) is 6.88. The van der Waals surface area contributed by atoms with Crippen molar-refractivity contribution in [2.45, 2.75) is 25.4 Å². The lowest BCUT2D eigenvalue weighted by molar-refractivity contribution is -0.122. The van der Waals surface area contributed by atoms with Crippen LogP contribution in [0, 0.1) is 0 Å². The van der Waals surface area contributed by atoms with Gasteiger partial charge in [0.05, 0.1) is 0 Å². The highest BCUT2D eigenvalue weighted by Gasteiger charge is 2.29. The summed E-state index contributed by atoms with van der Waals surface area (Å²) >= 11 is 0. The van der Waals surface area contributed by atoms with Crippen LogP contribution in [0.3, 0.4) is 0 Å². The molecule has 0 saturated carbocycles. The SMILES string of the molecule is O=C(CCC1NC(=O)NC1=O)NCc1ccc2c(c1)OCO2. The molecule has 116 valence electrons. The predicted octanol–water partition coefficient (Wildman–Crippen LogP) is 0.0197. The average molecular weight is 305 g/mol. The summed E-state index contributed by atoms with van der Waals surface area (Å²) in [7, 11) is 0. The summed E-state index contributed by atoms with van der Waals surface area (Å²) in [5.74, 6) is 0.773. The number of carbonyl (C=O) groups excluding carboxylic acids is 3. The molecule has 1 saturated heterocycles. The Morgan fingerprint density at radius 3 is 2.86 bits per heavy atom. The molecule has 3 N–H and O–H groups in total. The molecule has 1 aromatic rings. The van der Waals surface area contributed by atoms with Gasteiger partial charge in [0.2, 0.25) is 12.7 Å². The van der Waals surface area contributed by atoms with Gasteiger partial charge in [-0.1, -0.05) is 6.07 Å². The second kappa shape index (κ2) is 5.92. The van der Waals surface area contributed by atoms with Crippen LogP contribution in [0.15, 0.2) is 18.2 Å². The van der Waals surface area contributed by atoms with Gasteiger partial charge in [0.25, 0.3) is 5.91 Å². The second-order valence-corrected chi connectivity index (χ2v) is 5.02. The molecular formula is C14H15N3O5. The van der Waals surface area contributed by atoms with Crippen molar-refractivity contribution in [1.82, 2.24) is 16.0 Å². The molecule has 8 nitrogen and oxygen atoms in total. The minimum absolute atomic E-state index is 0.156. The van der Waals surface area contributed by atoms with E-state index in [1.54, 1.807) is 6.07 Å². The molecule has 0 aromatic heterocycles. The molecular weight excluding hydrogens is 290 g/mol. The minimum atomic E-state index is -0.635. The molecule has 0 aliphatic carbocycles. The van der Waals surface area contributed by atoms with Gasteiger partial charge in [0.15, 0.2) is 11.5 Å². The van der Waals surface area contributed by atoms with E-state index in [-0.39, 0.29) is 25.5 Å². The fourth-order valence-corrected chi connectivity index (χ4v) is 2.28. The topological polar surface area (TPSA) is 106 Å². The van der Waals surface area contributed by atoms with E-state index in [4.69, 9.17) is 9.47 Å². The molecule has 2 heterocycles. The molecule has 4 amide bonds. The van der Waals surface area contributed by atoms with Crippen molar-refractivity contribution in [2.75, 3.05) is 6.79 Å². The number of carbonyl (C=O) groups is 3. The van der Waals surface area contributed by atoms with Crippen LogP contribution in [0.5, 0.6) is 11.5 Å². The van der Waals surface area contributed by atoms with E-state index in [2.05, 4.69) is 16.0 Å². The molecule has 22 heavy (non-hydrogen) atoms. The number of rotatable bonds is 5. The average Bonchev–Trinajstić information content (AvgIpc) is 3.08. The molecule has 0 radical (unpaired) electrons. The summed E-state index contributed by atoms with van der Waals surface area (Å²) in [4.78, 5) is 34.1. The number of imide groups is 1. The Morgan fingerprint density at radius 1 is 1.27 bits per heavy atom. The normalized spacial score (nSPS) is 18.8. The van der Waals surface area contributed by atoms with Crippen molar-refractivity contribution in [3.8, 4) is 11.5 Å². The lowest BCUT2D eigenvalue weighted by Crippen LogP contribution is -2.31. The summed E-state index contributed by atoms with van der Waals surface area (Å²) in [6.07, 6.45) is 0.424. The van der Waals surface area contributed by atoms with E-state index in [0.29, 0.717) is 18.0 Å². The zero-order valence-corrected chi connectivity index (χ0v) is 11.7. The van der Waals surface area contributed by atoms with Crippen molar-refractivity contribution in [2.24, 2.45) is 0 Å². The Morgan fingerprint density at radius 2 is 2.09 bits per heavy atom. The van der Waals surface area contributed by atoms with E-state index < -0.39 is 18.0 Å². The van der Waals surface area contributed by atoms with Crippen LogP contribution in [0.1, 0.15) is 18.4 Å². The highest BCUT2D eigenvalue weighted by atomic mass is 16.7. The summed E-state index contributed by atoms with van der Waals surface area (Å²) in [6, 6.07) is 4.30. The molecule has 3 rings (SSSR count). The fourth-order valence-electron chi connectivity index (χ4n) is 2.28. The first kappa shape index (κ1) is 14.2. The molecule has 1 unspecified atom stereocenters. The highest BCUT2D eigenvalue weighted by molar-refractivity contribution is 6.04. The lowest BCUT2D eigenvalue weighted by atomic mass is 10.1. The number of amides is 4. The van der Waals surface area contributed by atoms with E-state index in [1.165, 1.54) is 0 Å². The predicted molar refractivity (Wildman–Crippen MR) is 74.1 cm³/mol. The Bertz CT molecular complexity index is 631. The van der Waals surface area contributed by atoms with Gasteiger partial charge < -0.3 is 20.1 Å². The Hall–Kier alpha value is -2.77. The maximum Gasteiger partial charge on any atom is 0.322 e. The number of ether oxygens (including phenoxy) is 2. The molecule has 1 fully saturated rings. The maximum atomic E-state index is 11.8. The van der Waals surface area contributed by atoms with Crippen molar-refractivity contribution in [3.05, 3.63) is 23.8 Å². The first-order valence-corrected chi connectivity index (χ1v) is 6.88. The van der Waals surface area contributed by atoms with Crippen LogP contribution in [0.4, 0.5) is 4.79 Å². The molecule has 0 spiro atoms. The summed E-state index contributed by atoms with van der Waals surface area (Å²) in [5.41, 5.74) is 0.893. The molecule has 1 atom stereocenters. The van der Waals surface area contributed by atoms with Gasteiger partial charge in [0, 0.05) is 13.0 Å². The molecule has 0 bridgehead atoms. The standard InChI is InChI=1S/C14H15N3O5/c18-12(4-2-9-13(19)17-14(20)16-9)15-6-8-1-3-10-11(5-8)22-7-21-10/h1,3,5,9H,2,4,6-7H2,(H,15,18)(H2,16,17,19,20). The summed E-state index contributed by atoms with van der Waals surface area (Å²) in [5, 5.41) is 7.34. The quantitative estimate of drug-likeness (QED) is 0.665. The number of hydrogen-bond donors (Lipinski definition) is 3. The molecule has 2 aliphatic rings. The van der Waals surface area contributed by atoms with Crippen LogP contribution in [0.2, 0.25) is 0 Å². The lowest BCUT2D eigenvalue weighted by Gasteiger charge is -2.08. The number of fused-ring (bicyclic) bond motifs is 1. The van der Waals surface area contributed by atoms with Crippen molar-refractivity contribution >= 4 is 17.8 Å². The van der Waals surface area contributed by atoms with E-state index in [1.807, 2.05) is 12.1 Å². The van der Waals surface area contributed by atoms with Gasteiger partial charge in [0.1, 0.15) is 6.04 Å². The Kier molecular flexibility index (Phi) is 3.82. The van der Waals surface area contributed by atoms with Crippen LogP contribution >= 0.6 is 0 Å². The maximum absolute atomic E-state index is 11.8. The minimum Gasteiger partial charge on any atom is -0.454 e. The van der Waals surface area contributed by atoms with Gasteiger partial charge in [-0.05, 0) is 24.1 Å². The van der Waals surface area contributed by atoms with E-state index >= 15 is 0 Å². The second-order valence-electron chi connectivity index (χ2n) is 5.02. The van der Waals surface area contributed by atoms with Crippen molar-refractivity contribution in [3.63, 3.8) is 0 Å². The van der Waals surface area contributed by atoms with E-state index in [9.17, 15) is 14.4 Å². The van der Waals surface area contributed by atoms with Crippen LogP contribution < -0.4 is 25.4 Å². The largest absolute Gasteiger partial charge is 0.454 e. The number of urea groups is 1. The smallest absolute Gasteiger partial charge is 0.322 e. The van der Waals surface area contributed by atoms with Crippen molar-refractivity contribution in [1.29, 1.82) is 0 Å². The van der Waals surface area contributed by atoms with E-state index in [0.717, 1.165) is 5.56 Å². The van der Waals surface area contributed by atoms with Crippen molar-refractivity contribution < 1.29 is 23.9 Å². The van der Waals surface area contributed by atoms with Crippen LogP contribution in [-0.4, -0.2) is 30.7 Å². The third-order valence-electron chi connectivity index (χ3n) is 3.45. The number of nitrogens with one attached hydrogen (secondary N) is 3. The number of hydrogen-bond acceptors (Lipinski definition) is 5. The molecule has 2 aliphatic heterocycles. The molecule has 8 heteroatoms. The monoisotopic (exact) mass is 305 g/mol. The van der Waals surface area contributed by atoms with Gasteiger partial charge in [-0.3, -0.25) is 14.9 Å². The summed E-state index contributed by atoms with van der Waals surface area (Å²) in [6.45, 7) is 0.568. The summed E-state index contributed by atoms with van der Waals surface area (Å²) < 4.78 is 10.5. The number of benzene rings is 1. The van der Waals surface area contributed by atoms with Gasteiger partial charge >= 0.3 is 6.03 Å². The highest BCUT2D eigenvalue weighted by Crippen LogP contribution is 2.32. The van der Waals surface area contributed by atoms with Gasteiger partial charge in [-0.15, -0.1) is 0 Å². The molecule has 1 aromatic carbocycles. The third kappa shape index (κ3) is 3.11. The Labute approximate surface area is 126 Å². The van der Waals surface area contributed by atoms with Crippen LogP contribution in [0.25, 0.3) is 0 Å². The first-order chi connectivity index (χ1) is 10.6. The van der Waals surface area contributed by atoms with Gasteiger partial charge in [-0.25, -0.2) is 4.79 Å². The Balaban J connectivity index is 1.44. The fraction of sp³-hybridized carbons (Fsp3) is 0.357. The zero-order valence-electron chi connectivity index (χ0n) is 11.7. The zero-order chi connectivity index (χ0) is 15.5. The van der Waals surface area contributed by atoms with Crippen LogP contribution in [-0.2, 0) is 16.1 Å².